The molecule has 1 aromatic rings. The van der Waals surface area contributed by atoms with Crippen molar-refractivity contribution in [3.63, 3.8) is 0 Å². The Morgan fingerprint density at radius 1 is 1.33 bits per heavy atom. The van der Waals surface area contributed by atoms with Crippen LogP contribution < -0.4 is 0 Å². The Morgan fingerprint density at radius 2 is 2.11 bits per heavy atom. The zero-order valence-electron chi connectivity index (χ0n) is 10.1. The molecular formula is C13H14N2O2S. The Labute approximate surface area is 107 Å². The van der Waals surface area contributed by atoms with Crippen LogP contribution in [0.5, 0.6) is 0 Å². The van der Waals surface area contributed by atoms with E-state index < -0.39 is 10.0 Å². The summed E-state index contributed by atoms with van der Waals surface area (Å²) < 4.78 is 26.1. The maximum Gasteiger partial charge on any atom is 0.243 e. The van der Waals surface area contributed by atoms with Gasteiger partial charge in [0.15, 0.2) is 0 Å². The molecule has 1 aliphatic rings. The summed E-state index contributed by atoms with van der Waals surface area (Å²) in [4.78, 5) is 0.259. The third-order valence-electron chi connectivity index (χ3n) is 2.98. The Bertz CT molecular complexity index is 627. The van der Waals surface area contributed by atoms with Crippen LogP contribution in [-0.4, -0.2) is 25.8 Å². The minimum atomic E-state index is -3.44. The number of rotatable bonds is 2. The topological polar surface area (TPSA) is 61.2 Å². The molecule has 1 aromatic carbocycles. The molecule has 1 heterocycles. The van der Waals surface area contributed by atoms with Crippen LogP contribution >= 0.6 is 0 Å². The first kappa shape index (κ1) is 12.8. The van der Waals surface area contributed by atoms with Gasteiger partial charge in [-0.15, -0.1) is 0 Å². The second kappa shape index (κ2) is 4.92. The Kier molecular flexibility index (Phi) is 3.50. The molecule has 5 heteroatoms. The summed E-state index contributed by atoms with van der Waals surface area (Å²) in [5, 5.41) is 8.84. The number of benzene rings is 1. The molecule has 0 saturated heterocycles. The van der Waals surface area contributed by atoms with E-state index in [2.05, 4.69) is 0 Å². The van der Waals surface area contributed by atoms with Gasteiger partial charge in [-0.2, -0.15) is 9.57 Å². The smallest absolute Gasteiger partial charge is 0.207 e. The normalized spacial score (nSPS) is 16.4. The average molecular weight is 262 g/mol. The fraction of sp³-hybridized carbons (Fsp3) is 0.308. The molecule has 0 aromatic heterocycles. The highest BCUT2D eigenvalue weighted by molar-refractivity contribution is 7.89. The van der Waals surface area contributed by atoms with E-state index in [-0.39, 0.29) is 4.90 Å². The number of hydrogen-bond acceptors (Lipinski definition) is 3. The van der Waals surface area contributed by atoms with Crippen molar-refractivity contribution in [2.75, 3.05) is 13.1 Å². The van der Waals surface area contributed by atoms with Crippen molar-refractivity contribution in [1.29, 1.82) is 5.26 Å². The van der Waals surface area contributed by atoms with Gasteiger partial charge in [-0.1, -0.05) is 12.2 Å². The molecular weight excluding hydrogens is 248 g/mol. The summed E-state index contributed by atoms with van der Waals surface area (Å²) in [5.41, 5.74) is 1.19. The van der Waals surface area contributed by atoms with E-state index in [0.717, 1.165) is 6.42 Å². The van der Waals surface area contributed by atoms with Gasteiger partial charge in [0.05, 0.1) is 16.5 Å². The minimum absolute atomic E-state index is 0.259. The van der Waals surface area contributed by atoms with Crippen molar-refractivity contribution in [3.8, 4) is 6.07 Å². The van der Waals surface area contributed by atoms with Crippen LogP contribution in [0.25, 0.3) is 0 Å². The summed E-state index contributed by atoms with van der Waals surface area (Å²) in [6.07, 6.45) is 4.59. The van der Waals surface area contributed by atoms with E-state index >= 15 is 0 Å². The third-order valence-corrected chi connectivity index (χ3v) is 4.84. The lowest BCUT2D eigenvalue weighted by Gasteiger charge is -2.22. The zero-order chi connectivity index (χ0) is 13.2. The summed E-state index contributed by atoms with van der Waals surface area (Å²) in [5.74, 6) is 0. The molecule has 94 valence electrons. The average Bonchev–Trinajstić information content (AvgIpc) is 2.39. The first-order valence-corrected chi connectivity index (χ1v) is 7.15. The quantitative estimate of drug-likeness (QED) is 0.764. The molecule has 0 spiro atoms. The summed E-state index contributed by atoms with van der Waals surface area (Å²) >= 11 is 0. The molecule has 0 saturated carbocycles. The highest BCUT2D eigenvalue weighted by Crippen LogP contribution is 2.20. The van der Waals surface area contributed by atoms with Crippen LogP contribution in [0.2, 0.25) is 0 Å². The van der Waals surface area contributed by atoms with Gasteiger partial charge in [0.1, 0.15) is 0 Å². The van der Waals surface area contributed by atoms with Gasteiger partial charge in [-0.25, -0.2) is 8.42 Å². The molecule has 0 radical (unpaired) electrons. The largest absolute Gasteiger partial charge is 0.243 e. The Morgan fingerprint density at radius 3 is 2.67 bits per heavy atom. The fourth-order valence-electron chi connectivity index (χ4n) is 1.91. The maximum absolute atomic E-state index is 12.3. The summed E-state index contributed by atoms with van der Waals surface area (Å²) in [6.45, 7) is 2.67. The van der Waals surface area contributed by atoms with Crippen LogP contribution in [0.4, 0.5) is 0 Å². The van der Waals surface area contributed by atoms with E-state index in [4.69, 9.17) is 5.26 Å². The second-order valence-electron chi connectivity index (χ2n) is 4.21. The van der Waals surface area contributed by atoms with Gasteiger partial charge < -0.3 is 0 Å². The SMILES string of the molecule is Cc1cc(S(=O)(=O)N2CC=CCC2)ccc1C#N. The van der Waals surface area contributed by atoms with Crippen LogP contribution in [0.1, 0.15) is 17.5 Å². The lowest BCUT2D eigenvalue weighted by molar-refractivity contribution is 0.437. The molecule has 0 aliphatic carbocycles. The second-order valence-corrected chi connectivity index (χ2v) is 6.15. The van der Waals surface area contributed by atoms with Crippen molar-refractivity contribution in [2.45, 2.75) is 18.2 Å². The Balaban J connectivity index is 2.39. The van der Waals surface area contributed by atoms with Crippen molar-refractivity contribution in [2.24, 2.45) is 0 Å². The van der Waals surface area contributed by atoms with E-state index in [1.54, 1.807) is 19.1 Å². The monoisotopic (exact) mass is 262 g/mol. The van der Waals surface area contributed by atoms with Crippen LogP contribution in [-0.2, 0) is 10.0 Å². The number of hydrogen-bond donors (Lipinski definition) is 0. The molecule has 0 atom stereocenters. The van der Waals surface area contributed by atoms with Crippen molar-refractivity contribution in [1.82, 2.24) is 4.31 Å². The van der Waals surface area contributed by atoms with Crippen LogP contribution in [0.15, 0.2) is 35.2 Å². The molecule has 4 nitrogen and oxygen atoms in total. The van der Waals surface area contributed by atoms with Crippen molar-refractivity contribution >= 4 is 10.0 Å². The van der Waals surface area contributed by atoms with E-state index in [0.29, 0.717) is 24.2 Å². The van der Waals surface area contributed by atoms with Gasteiger partial charge in [0.2, 0.25) is 10.0 Å². The number of aryl methyl sites for hydroxylation is 1. The van der Waals surface area contributed by atoms with Gasteiger partial charge in [0, 0.05) is 13.1 Å². The van der Waals surface area contributed by atoms with Gasteiger partial charge in [-0.3, -0.25) is 0 Å². The number of nitrogens with zero attached hydrogens (tertiary/aromatic N) is 2. The lowest BCUT2D eigenvalue weighted by Crippen LogP contribution is -2.33. The maximum atomic E-state index is 12.3. The molecule has 0 amide bonds. The fourth-order valence-corrected chi connectivity index (χ4v) is 3.40. The van der Waals surface area contributed by atoms with Crippen LogP contribution in [0, 0.1) is 18.3 Å². The lowest BCUT2D eigenvalue weighted by atomic mass is 10.1. The molecule has 0 fully saturated rings. The molecule has 1 aliphatic heterocycles. The third kappa shape index (κ3) is 2.30. The van der Waals surface area contributed by atoms with Gasteiger partial charge in [0.25, 0.3) is 0 Å². The Hall–Kier alpha value is -1.64. The summed E-state index contributed by atoms with van der Waals surface area (Å²) in [6, 6.07) is 6.65. The molecule has 0 unspecified atom stereocenters. The van der Waals surface area contributed by atoms with E-state index in [1.807, 2.05) is 18.2 Å². The van der Waals surface area contributed by atoms with E-state index in [1.165, 1.54) is 10.4 Å². The number of sulfonamides is 1. The predicted molar refractivity (Wildman–Crippen MR) is 68.4 cm³/mol. The predicted octanol–water partition coefficient (Wildman–Crippen LogP) is 1.82. The summed E-state index contributed by atoms with van der Waals surface area (Å²) in [7, 11) is -3.44. The van der Waals surface area contributed by atoms with Crippen molar-refractivity contribution < 1.29 is 8.42 Å². The molecule has 2 rings (SSSR count). The van der Waals surface area contributed by atoms with E-state index in [9.17, 15) is 8.42 Å². The van der Waals surface area contributed by atoms with Gasteiger partial charge in [-0.05, 0) is 37.1 Å². The standard InChI is InChI=1S/C13H14N2O2S/c1-11-9-13(6-5-12(11)10-14)18(16,17)15-7-3-2-4-8-15/h2-3,5-6,9H,4,7-8H2,1H3. The first-order chi connectivity index (χ1) is 8.55. The molecule has 0 N–H and O–H groups in total. The van der Waals surface area contributed by atoms with Crippen LogP contribution in [0.3, 0.4) is 0 Å². The van der Waals surface area contributed by atoms with Crippen molar-refractivity contribution in [3.05, 3.63) is 41.5 Å². The highest BCUT2D eigenvalue weighted by Gasteiger charge is 2.24. The zero-order valence-corrected chi connectivity index (χ0v) is 10.9. The number of nitriles is 1. The van der Waals surface area contributed by atoms with Gasteiger partial charge >= 0.3 is 0 Å². The highest BCUT2D eigenvalue weighted by atomic mass is 32.2. The molecule has 18 heavy (non-hydrogen) atoms. The minimum Gasteiger partial charge on any atom is -0.207 e. The molecule has 0 bridgehead atoms. The first-order valence-electron chi connectivity index (χ1n) is 5.71.